The summed E-state index contributed by atoms with van der Waals surface area (Å²) >= 11 is 3.55. The highest BCUT2D eigenvalue weighted by molar-refractivity contribution is 9.10. The van der Waals surface area contributed by atoms with Gasteiger partial charge in [-0.2, -0.15) is 0 Å². The molecule has 0 aliphatic rings. The molecule has 31 heavy (non-hydrogen) atoms. The lowest BCUT2D eigenvalue weighted by molar-refractivity contribution is -0.114. The highest BCUT2D eigenvalue weighted by Crippen LogP contribution is 2.37. The number of nitrogens with one attached hydrogen (secondary N) is 2. The number of anilines is 2. The average Bonchev–Trinajstić information content (AvgIpc) is 2.73. The largest absolute Gasteiger partial charge is 0.490 e. The fourth-order valence-electron chi connectivity index (χ4n) is 2.97. The zero-order valence-electron chi connectivity index (χ0n) is 17.4. The Morgan fingerprint density at radius 2 is 1.74 bits per heavy atom. The van der Waals surface area contributed by atoms with Crippen LogP contribution >= 0.6 is 15.9 Å². The molecule has 3 aromatic rings. The lowest BCUT2D eigenvalue weighted by Crippen LogP contribution is -2.06. The topological polar surface area (TPSA) is 59.6 Å². The molecular weight excluding hydrogens is 463 g/mol. The zero-order chi connectivity index (χ0) is 22.2. The Kier molecular flexibility index (Phi) is 7.89. The zero-order valence-corrected chi connectivity index (χ0v) is 19.0. The summed E-state index contributed by atoms with van der Waals surface area (Å²) < 4.78 is 26.3. The van der Waals surface area contributed by atoms with E-state index < -0.39 is 0 Å². The van der Waals surface area contributed by atoms with E-state index in [1.807, 2.05) is 43.3 Å². The Morgan fingerprint density at radius 3 is 2.42 bits per heavy atom. The SMILES string of the molecule is CCOc1cc(CNc2ccc(NC(C)=O)cc2)cc(Br)c1OCc1ccccc1F. The van der Waals surface area contributed by atoms with Gasteiger partial charge in [0.1, 0.15) is 12.4 Å². The molecule has 0 saturated heterocycles. The molecule has 0 aliphatic heterocycles. The molecule has 0 heterocycles. The van der Waals surface area contributed by atoms with Crippen molar-refractivity contribution in [1.29, 1.82) is 0 Å². The molecular formula is C24H24BrFN2O3. The summed E-state index contributed by atoms with van der Waals surface area (Å²) in [7, 11) is 0. The lowest BCUT2D eigenvalue weighted by atomic mass is 10.2. The summed E-state index contributed by atoms with van der Waals surface area (Å²) in [5.74, 6) is 0.716. The van der Waals surface area contributed by atoms with Gasteiger partial charge in [-0.3, -0.25) is 4.79 Å². The third-order valence-corrected chi connectivity index (χ3v) is 4.99. The Bertz CT molecular complexity index is 1040. The van der Waals surface area contributed by atoms with Crippen LogP contribution < -0.4 is 20.1 Å². The molecule has 7 heteroatoms. The van der Waals surface area contributed by atoms with Gasteiger partial charge in [-0.1, -0.05) is 18.2 Å². The van der Waals surface area contributed by atoms with Crippen LogP contribution in [0.4, 0.5) is 15.8 Å². The molecule has 0 fully saturated rings. The van der Waals surface area contributed by atoms with Gasteiger partial charge in [-0.15, -0.1) is 0 Å². The van der Waals surface area contributed by atoms with Gasteiger partial charge in [0.15, 0.2) is 11.5 Å². The van der Waals surface area contributed by atoms with E-state index in [4.69, 9.17) is 9.47 Å². The molecule has 0 spiro atoms. The summed E-state index contributed by atoms with van der Waals surface area (Å²) in [4.78, 5) is 11.1. The van der Waals surface area contributed by atoms with Crippen molar-refractivity contribution in [2.24, 2.45) is 0 Å². The molecule has 0 bridgehead atoms. The number of hydrogen-bond donors (Lipinski definition) is 2. The van der Waals surface area contributed by atoms with Crippen molar-refractivity contribution in [2.45, 2.75) is 27.0 Å². The van der Waals surface area contributed by atoms with Gasteiger partial charge in [0, 0.05) is 30.4 Å². The molecule has 1 amide bonds. The molecule has 0 saturated carbocycles. The van der Waals surface area contributed by atoms with E-state index in [1.165, 1.54) is 13.0 Å². The van der Waals surface area contributed by atoms with Crippen LogP contribution in [0.15, 0.2) is 65.1 Å². The monoisotopic (exact) mass is 486 g/mol. The van der Waals surface area contributed by atoms with E-state index in [0.29, 0.717) is 30.2 Å². The predicted molar refractivity (Wildman–Crippen MR) is 124 cm³/mol. The van der Waals surface area contributed by atoms with Crippen LogP contribution in [0, 0.1) is 5.82 Å². The number of carbonyl (C=O) groups is 1. The van der Waals surface area contributed by atoms with E-state index in [-0.39, 0.29) is 18.3 Å². The molecule has 0 aliphatic carbocycles. The number of ether oxygens (including phenoxy) is 2. The van der Waals surface area contributed by atoms with Crippen molar-refractivity contribution in [3.05, 3.63) is 82.1 Å². The van der Waals surface area contributed by atoms with Crippen molar-refractivity contribution in [3.8, 4) is 11.5 Å². The number of carbonyl (C=O) groups excluding carboxylic acids is 1. The molecule has 2 N–H and O–H groups in total. The maximum atomic E-state index is 13.9. The fourth-order valence-corrected chi connectivity index (χ4v) is 3.57. The first-order valence-corrected chi connectivity index (χ1v) is 10.7. The van der Waals surface area contributed by atoms with Gasteiger partial charge >= 0.3 is 0 Å². The van der Waals surface area contributed by atoms with Crippen LogP contribution in [0.5, 0.6) is 11.5 Å². The van der Waals surface area contributed by atoms with Crippen LogP contribution in [-0.2, 0) is 17.9 Å². The average molecular weight is 487 g/mol. The first-order valence-electron chi connectivity index (χ1n) is 9.89. The molecule has 162 valence electrons. The summed E-state index contributed by atoms with van der Waals surface area (Å²) in [6.07, 6.45) is 0. The standard InChI is InChI=1S/C24H24BrFN2O3/c1-3-30-23-13-17(14-27-19-8-10-20(11-9-19)28-16(2)29)12-21(25)24(23)31-15-18-6-4-5-7-22(18)26/h4-13,27H,3,14-15H2,1-2H3,(H,28,29). The van der Waals surface area contributed by atoms with Crippen LogP contribution in [-0.4, -0.2) is 12.5 Å². The maximum absolute atomic E-state index is 13.9. The minimum absolute atomic E-state index is 0.101. The normalized spacial score (nSPS) is 10.5. The van der Waals surface area contributed by atoms with Crippen molar-refractivity contribution >= 4 is 33.2 Å². The Labute approximate surface area is 189 Å². The minimum Gasteiger partial charge on any atom is -0.490 e. The summed E-state index contributed by atoms with van der Waals surface area (Å²) in [6.45, 7) is 4.51. The Balaban J connectivity index is 1.70. The van der Waals surface area contributed by atoms with Gasteiger partial charge in [0.25, 0.3) is 0 Å². The second kappa shape index (κ2) is 10.8. The van der Waals surface area contributed by atoms with Crippen molar-refractivity contribution in [1.82, 2.24) is 0 Å². The van der Waals surface area contributed by atoms with Gasteiger partial charge in [-0.05, 0) is 70.9 Å². The molecule has 0 atom stereocenters. The third kappa shape index (κ3) is 6.46. The van der Waals surface area contributed by atoms with Gasteiger partial charge < -0.3 is 20.1 Å². The molecule has 5 nitrogen and oxygen atoms in total. The van der Waals surface area contributed by atoms with Crippen molar-refractivity contribution in [3.63, 3.8) is 0 Å². The van der Waals surface area contributed by atoms with Crippen LogP contribution in [0.3, 0.4) is 0 Å². The summed E-state index contributed by atoms with van der Waals surface area (Å²) in [5.41, 5.74) is 3.13. The first-order chi connectivity index (χ1) is 15.0. The third-order valence-electron chi connectivity index (χ3n) is 4.40. The molecule has 0 unspecified atom stereocenters. The molecule has 0 aromatic heterocycles. The summed E-state index contributed by atoms with van der Waals surface area (Å²) in [6, 6.07) is 17.9. The van der Waals surface area contributed by atoms with E-state index >= 15 is 0 Å². The summed E-state index contributed by atoms with van der Waals surface area (Å²) in [5, 5.41) is 6.08. The Morgan fingerprint density at radius 1 is 1.03 bits per heavy atom. The molecule has 0 radical (unpaired) electrons. The van der Waals surface area contributed by atoms with Crippen molar-refractivity contribution < 1.29 is 18.7 Å². The van der Waals surface area contributed by atoms with Crippen molar-refractivity contribution in [2.75, 3.05) is 17.2 Å². The van der Waals surface area contributed by atoms with Gasteiger partial charge in [0.2, 0.25) is 5.91 Å². The Hall–Kier alpha value is -3.06. The maximum Gasteiger partial charge on any atom is 0.221 e. The predicted octanol–water partition coefficient (Wildman–Crippen LogP) is 6.14. The smallest absolute Gasteiger partial charge is 0.221 e. The minimum atomic E-state index is -0.304. The number of halogens is 2. The number of amides is 1. The lowest BCUT2D eigenvalue weighted by Gasteiger charge is -2.16. The van der Waals surface area contributed by atoms with Crippen LogP contribution in [0.25, 0.3) is 0 Å². The number of rotatable bonds is 9. The van der Waals surface area contributed by atoms with E-state index in [1.54, 1.807) is 18.2 Å². The molecule has 3 rings (SSSR count). The van der Waals surface area contributed by atoms with Crippen LogP contribution in [0.1, 0.15) is 25.0 Å². The molecule has 3 aromatic carbocycles. The first kappa shape index (κ1) is 22.6. The highest BCUT2D eigenvalue weighted by atomic mass is 79.9. The van der Waals surface area contributed by atoms with E-state index in [9.17, 15) is 9.18 Å². The fraction of sp³-hybridized carbons (Fsp3) is 0.208. The van der Waals surface area contributed by atoms with E-state index in [2.05, 4.69) is 26.6 Å². The second-order valence-electron chi connectivity index (χ2n) is 6.83. The second-order valence-corrected chi connectivity index (χ2v) is 7.68. The van der Waals surface area contributed by atoms with E-state index in [0.717, 1.165) is 21.4 Å². The number of hydrogen-bond acceptors (Lipinski definition) is 4. The van der Waals surface area contributed by atoms with Gasteiger partial charge in [-0.25, -0.2) is 4.39 Å². The highest BCUT2D eigenvalue weighted by Gasteiger charge is 2.14. The number of benzene rings is 3. The quantitative estimate of drug-likeness (QED) is 0.381. The van der Waals surface area contributed by atoms with Gasteiger partial charge in [0.05, 0.1) is 11.1 Å². The van der Waals surface area contributed by atoms with Crippen LogP contribution in [0.2, 0.25) is 0 Å².